The van der Waals surface area contributed by atoms with Crippen LogP contribution in [0.2, 0.25) is 5.02 Å². The Morgan fingerprint density at radius 1 is 1.04 bits per heavy atom. The highest BCUT2D eigenvalue weighted by Crippen LogP contribution is 2.13. The summed E-state index contributed by atoms with van der Waals surface area (Å²) in [6, 6.07) is 5.70. The van der Waals surface area contributed by atoms with Crippen molar-refractivity contribution in [3.8, 4) is 0 Å². The Bertz CT molecular complexity index is 632. The molecular weight excluding hydrogens is 342 g/mol. The van der Waals surface area contributed by atoms with E-state index in [1.54, 1.807) is 0 Å². The van der Waals surface area contributed by atoms with Gasteiger partial charge in [-0.2, -0.15) is 0 Å². The average molecular weight is 362 g/mol. The number of amides is 2. The van der Waals surface area contributed by atoms with Crippen LogP contribution in [0.5, 0.6) is 0 Å². The molecule has 0 heterocycles. The van der Waals surface area contributed by atoms with E-state index in [1.807, 2.05) is 6.92 Å². The van der Waals surface area contributed by atoms with Gasteiger partial charge in [0.2, 0.25) is 21.8 Å². The topological polar surface area (TPSA) is 104 Å². The molecule has 1 aromatic carbocycles. The molecule has 0 aliphatic carbocycles. The standard InChI is InChI=1S/C14H20ClN3O4S/c1-2-8-16-14(20)10-17-13(19)7-9-18-23(21,22)12-5-3-11(15)4-6-12/h3-6,18H,2,7-10H2,1H3,(H,16,20)(H,17,19). The third-order valence-corrected chi connectivity index (χ3v) is 4.52. The number of sulfonamides is 1. The molecule has 0 radical (unpaired) electrons. The molecule has 0 unspecified atom stereocenters. The van der Waals surface area contributed by atoms with E-state index in [9.17, 15) is 18.0 Å². The minimum Gasteiger partial charge on any atom is -0.355 e. The molecule has 1 rings (SSSR count). The fourth-order valence-corrected chi connectivity index (χ4v) is 2.75. The van der Waals surface area contributed by atoms with Gasteiger partial charge in [0.05, 0.1) is 11.4 Å². The zero-order valence-electron chi connectivity index (χ0n) is 12.8. The van der Waals surface area contributed by atoms with E-state index in [2.05, 4.69) is 15.4 Å². The van der Waals surface area contributed by atoms with Crippen molar-refractivity contribution in [3.05, 3.63) is 29.3 Å². The van der Waals surface area contributed by atoms with Crippen molar-refractivity contribution < 1.29 is 18.0 Å². The Morgan fingerprint density at radius 3 is 2.30 bits per heavy atom. The SMILES string of the molecule is CCCNC(=O)CNC(=O)CCNS(=O)(=O)c1ccc(Cl)cc1. The molecule has 0 atom stereocenters. The molecule has 0 saturated carbocycles. The quantitative estimate of drug-likeness (QED) is 0.600. The lowest BCUT2D eigenvalue weighted by Gasteiger charge is -2.08. The Balaban J connectivity index is 2.34. The molecule has 2 amide bonds. The first-order chi connectivity index (χ1) is 10.8. The summed E-state index contributed by atoms with van der Waals surface area (Å²) in [7, 11) is -3.68. The van der Waals surface area contributed by atoms with Crippen LogP contribution in [0.3, 0.4) is 0 Å². The first kappa shape index (κ1) is 19.4. The molecule has 0 saturated heterocycles. The molecule has 3 N–H and O–H groups in total. The lowest BCUT2D eigenvalue weighted by atomic mass is 10.4. The first-order valence-electron chi connectivity index (χ1n) is 7.14. The maximum Gasteiger partial charge on any atom is 0.240 e. The Hall–Kier alpha value is -1.64. The molecule has 7 nitrogen and oxygen atoms in total. The largest absolute Gasteiger partial charge is 0.355 e. The fraction of sp³-hybridized carbons (Fsp3) is 0.429. The summed E-state index contributed by atoms with van der Waals surface area (Å²) in [5, 5.41) is 5.47. The minimum atomic E-state index is -3.68. The maximum atomic E-state index is 12.0. The summed E-state index contributed by atoms with van der Waals surface area (Å²) in [6.45, 7) is 2.29. The number of carbonyl (C=O) groups is 2. The summed E-state index contributed by atoms with van der Waals surface area (Å²) in [6.07, 6.45) is 0.750. The molecule has 0 fully saturated rings. The smallest absolute Gasteiger partial charge is 0.240 e. The lowest BCUT2D eigenvalue weighted by Crippen LogP contribution is -2.38. The van der Waals surface area contributed by atoms with Gasteiger partial charge in [-0.3, -0.25) is 9.59 Å². The summed E-state index contributed by atoms with van der Waals surface area (Å²) >= 11 is 5.70. The van der Waals surface area contributed by atoms with E-state index < -0.39 is 15.9 Å². The fourth-order valence-electron chi connectivity index (χ4n) is 1.59. The number of benzene rings is 1. The van der Waals surface area contributed by atoms with Crippen molar-refractivity contribution >= 4 is 33.4 Å². The lowest BCUT2D eigenvalue weighted by molar-refractivity contribution is -0.126. The highest BCUT2D eigenvalue weighted by atomic mass is 35.5. The average Bonchev–Trinajstić information content (AvgIpc) is 2.51. The molecule has 0 spiro atoms. The van der Waals surface area contributed by atoms with E-state index >= 15 is 0 Å². The van der Waals surface area contributed by atoms with Gasteiger partial charge in [-0.25, -0.2) is 13.1 Å². The van der Waals surface area contributed by atoms with Gasteiger partial charge in [-0.1, -0.05) is 18.5 Å². The van der Waals surface area contributed by atoms with E-state index in [-0.39, 0.29) is 30.3 Å². The first-order valence-corrected chi connectivity index (χ1v) is 9.00. The maximum absolute atomic E-state index is 12.0. The molecule has 0 bridgehead atoms. The monoisotopic (exact) mass is 361 g/mol. The van der Waals surface area contributed by atoms with Crippen molar-refractivity contribution in [1.29, 1.82) is 0 Å². The van der Waals surface area contributed by atoms with Gasteiger partial charge in [-0.05, 0) is 30.7 Å². The molecule has 9 heteroatoms. The van der Waals surface area contributed by atoms with Crippen LogP contribution in [0.4, 0.5) is 0 Å². The number of hydrogen-bond acceptors (Lipinski definition) is 4. The highest BCUT2D eigenvalue weighted by Gasteiger charge is 2.14. The summed E-state index contributed by atoms with van der Waals surface area (Å²) < 4.78 is 26.2. The molecular formula is C14H20ClN3O4S. The Labute approximate surface area is 140 Å². The second-order valence-electron chi connectivity index (χ2n) is 4.73. The molecule has 0 aliphatic rings. The van der Waals surface area contributed by atoms with Crippen LogP contribution in [0.1, 0.15) is 19.8 Å². The zero-order valence-corrected chi connectivity index (χ0v) is 14.3. The predicted octanol–water partition coefficient (Wildman–Crippen LogP) is 0.651. The van der Waals surface area contributed by atoms with Gasteiger partial charge in [-0.15, -0.1) is 0 Å². The third-order valence-electron chi connectivity index (χ3n) is 2.79. The van der Waals surface area contributed by atoms with Crippen LogP contribution in [0.25, 0.3) is 0 Å². The van der Waals surface area contributed by atoms with Crippen LogP contribution in [0.15, 0.2) is 29.2 Å². The van der Waals surface area contributed by atoms with Crippen molar-refractivity contribution in [2.75, 3.05) is 19.6 Å². The van der Waals surface area contributed by atoms with Gasteiger partial charge in [0.15, 0.2) is 0 Å². The summed E-state index contributed by atoms with van der Waals surface area (Å²) in [4.78, 5) is 22.9. The van der Waals surface area contributed by atoms with Crippen LogP contribution >= 0.6 is 11.6 Å². The molecule has 1 aromatic rings. The summed E-state index contributed by atoms with van der Waals surface area (Å²) in [5.74, 6) is -0.683. The normalized spacial score (nSPS) is 11.0. The highest BCUT2D eigenvalue weighted by molar-refractivity contribution is 7.89. The second-order valence-corrected chi connectivity index (χ2v) is 6.93. The van der Waals surface area contributed by atoms with Gasteiger partial charge < -0.3 is 10.6 Å². The molecule has 128 valence electrons. The van der Waals surface area contributed by atoms with Crippen LogP contribution in [-0.4, -0.2) is 39.9 Å². The van der Waals surface area contributed by atoms with Crippen molar-refractivity contribution in [3.63, 3.8) is 0 Å². The van der Waals surface area contributed by atoms with E-state index in [4.69, 9.17) is 11.6 Å². The molecule has 0 aliphatic heterocycles. The van der Waals surface area contributed by atoms with E-state index in [1.165, 1.54) is 24.3 Å². The van der Waals surface area contributed by atoms with Gasteiger partial charge in [0.25, 0.3) is 0 Å². The van der Waals surface area contributed by atoms with Crippen LogP contribution < -0.4 is 15.4 Å². The van der Waals surface area contributed by atoms with Crippen LogP contribution in [-0.2, 0) is 19.6 Å². The van der Waals surface area contributed by atoms with E-state index in [0.29, 0.717) is 11.6 Å². The predicted molar refractivity (Wildman–Crippen MR) is 87.6 cm³/mol. The van der Waals surface area contributed by atoms with Crippen molar-refractivity contribution in [1.82, 2.24) is 15.4 Å². The number of hydrogen-bond donors (Lipinski definition) is 3. The zero-order chi connectivity index (χ0) is 17.3. The summed E-state index contributed by atoms with van der Waals surface area (Å²) in [5.41, 5.74) is 0. The third kappa shape index (κ3) is 7.45. The Kier molecular flexibility index (Phi) is 8.01. The number of halogens is 1. The van der Waals surface area contributed by atoms with Crippen molar-refractivity contribution in [2.24, 2.45) is 0 Å². The number of carbonyl (C=O) groups excluding carboxylic acids is 2. The number of rotatable bonds is 9. The van der Waals surface area contributed by atoms with Crippen LogP contribution in [0, 0.1) is 0 Å². The molecule has 0 aromatic heterocycles. The van der Waals surface area contributed by atoms with Crippen molar-refractivity contribution in [2.45, 2.75) is 24.7 Å². The molecule has 23 heavy (non-hydrogen) atoms. The van der Waals surface area contributed by atoms with Gasteiger partial charge >= 0.3 is 0 Å². The minimum absolute atomic E-state index is 0.0616. The van der Waals surface area contributed by atoms with E-state index in [0.717, 1.165) is 6.42 Å². The Morgan fingerprint density at radius 2 is 1.70 bits per heavy atom. The number of nitrogens with one attached hydrogen (secondary N) is 3. The van der Waals surface area contributed by atoms with Gasteiger partial charge in [0.1, 0.15) is 0 Å². The second kappa shape index (κ2) is 9.49. The van der Waals surface area contributed by atoms with Gasteiger partial charge in [0, 0.05) is 24.5 Å².